The van der Waals surface area contributed by atoms with Gasteiger partial charge < -0.3 is 20.1 Å². The Morgan fingerprint density at radius 1 is 1.29 bits per heavy atom. The lowest BCUT2D eigenvalue weighted by Gasteiger charge is -2.14. The second-order valence-corrected chi connectivity index (χ2v) is 4.38. The van der Waals surface area contributed by atoms with Gasteiger partial charge in [0.1, 0.15) is 5.75 Å². The number of phenols is 3. The van der Waals surface area contributed by atoms with Crippen molar-refractivity contribution in [2.75, 3.05) is 6.61 Å². The van der Waals surface area contributed by atoms with E-state index in [0.717, 1.165) is 6.07 Å². The molecule has 0 aliphatic rings. The molecule has 6 nitrogen and oxygen atoms in total. The smallest absolute Gasteiger partial charge is 0.327 e. The number of fused-ring (bicyclic) bond motifs is 1. The molecule has 1 unspecified atom stereocenters. The Labute approximate surface area is 120 Å². The number of carbonyl (C=O) groups is 1. The van der Waals surface area contributed by atoms with E-state index in [2.05, 4.69) is 0 Å². The molecule has 0 spiro atoms. The number of hydrogen-bond acceptors (Lipinski definition) is 6. The highest BCUT2D eigenvalue weighted by atomic mass is 16.5. The van der Waals surface area contributed by atoms with Gasteiger partial charge >= 0.3 is 5.97 Å². The van der Waals surface area contributed by atoms with Crippen LogP contribution >= 0.6 is 0 Å². The van der Waals surface area contributed by atoms with E-state index in [1.165, 1.54) is 18.2 Å². The van der Waals surface area contributed by atoms with E-state index in [1.54, 1.807) is 6.92 Å². The lowest BCUT2D eigenvalue weighted by atomic mass is 9.93. The van der Waals surface area contributed by atoms with Gasteiger partial charge in [0.15, 0.2) is 17.4 Å². The topological polar surface area (TPSA) is 111 Å². The van der Waals surface area contributed by atoms with E-state index in [9.17, 15) is 25.4 Å². The van der Waals surface area contributed by atoms with Crippen LogP contribution in [0.15, 0.2) is 24.3 Å². The molecule has 0 aliphatic carbocycles. The van der Waals surface area contributed by atoms with Gasteiger partial charge in [-0.3, -0.25) is 4.79 Å². The van der Waals surface area contributed by atoms with Crippen LogP contribution in [0.5, 0.6) is 17.2 Å². The quantitative estimate of drug-likeness (QED) is 0.589. The predicted molar refractivity (Wildman–Crippen MR) is 73.9 cm³/mol. The normalized spacial score (nSPS) is 11.8. The van der Waals surface area contributed by atoms with Crippen molar-refractivity contribution in [3.8, 4) is 23.3 Å². The number of aromatic hydroxyl groups is 3. The average Bonchev–Trinajstić information content (AvgIpc) is 2.45. The van der Waals surface area contributed by atoms with Crippen molar-refractivity contribution in [3.05, 3.63) is 29.8 Å². The van der Waals surface area contributed by atoms with E-state index in [1.807, 2.05) is 6.07 Å². The number of esters is 1. The number of carbonyl (C=O) groups excluding carboxylic acids is 1. The van der Waals surface area contributed by atoms with Crippen LogP contribution in [0.2, 0.25) is 0 Å². The van der Waals surface area contributed by atoms with Gasteiger partial charge in [-0.2, -0.15) is 5.26 Å². The fourth-order valence-corrected chi connectivity index (χ4v) is 2.12. The molecule has 1 atom stereocenters. The summed E-state index contributed by atoms with van der Waals surface area (Å²) in [4.78, 5) is 11.8. The van der Waals surface area contributed by atoms with Crippen LogP contribution in [-0.2, 0) is 9.53 Å². The highest BCUT2D eigenvalue weighted by Gasteiger charge is 2.26. The molecule has 108 valence electrons. The maximum atomic E-state index is 11.8. The maximum absolute atomic E-state index is 11.8. The number of ether oxygens (including phenoxy) is 1. The molecule has 0 heterocycles. The third-order valence-corrected chi connectivity index (χ3v) is 3.07. The zero-order valence-electron chi connectivity index (χ0n) is 11.2. The van der Waals surface area contributed by atoms with Crippen LogP contribution in [-0.4, -0.2) is 27.9 Å². The van der Waals surface area contributed by atoms with Gasteiger partial charge in [0.25, 0.3) is 0 Å². The largest absolute Gasteiger partial charge is 0.508 e. The maximum Gasteiger partial charge on any atom is 0.327 e. The minimum Gasteiger partial charge on any atom is -0.508 e. The summed E-state index contributed by atoms with van der Waals surface area (Å²) in [6, 6.07) is 6.97. The summed E-state index contributed by atoms with van der Waals surface area (Å²) in [6.45, 7) is 1.73. The second-order valence-electron chi connectivity index (χ2n) is 4.38. The molecule has 3 N–H and O–H groups in total. The number of benzene rings is 2. The third-order valence-electron chi connectivity index (χ3n) is 3.07. The van der Waals surface area contributed by atoms with Gasteiger partial charge in [0, 0.05) is 5.39 Å². The fraction of sp³-hybridized carbons (Fsp3) is 0.200. The summed E-state index contributed by atoms with van der Waals surface area (Å²) < 4.78 is 4.83. The van der Waals surface area contributed by atoms with Crippen LogP contribution < -0.4 is 0 Å². The van der Waals surface area contributed by atoms with E-state index < -0.39 is 17.6 Å². The van der Waals surface area contributed by atoms with Crippen LogP contribution in [0, 0.1) is 11.3 Å². The highest BCUT2D eigenvalue weighted by Crippen LogP contribution is 2.40. The first kappa shape index (κ1) is 14.5. The first-order valence-corrected chi connectivity index (χ1v) is 6.23. The molecular weight excluding hydrogens is 274 g/mol. The summed E-state index contributed by atoms with van der Waals surface area (Å²) in [5.41, 5.74) is 0.164. The summed E-state index contributed by atoms with van der Waals surface area (Å²) in [5, 5.41) is 38.9. The molecule has 2 aromatic rings. The number of hydrogen-bond donors (Lipinski definition) is 3. The molecule has 2 aromatic carbocycles. The van der Waals surface area contributed by atoms with Gasteiger partial charge in [-0.1, -0.05) is 0 Å². The molecule has 0 aliphatic heterocycles. The number of phenolic OH excluding ortho intramolecular Hbond substituents is 3. The Morgan fingerprint density at radius 3 is 2.62 bits per heavy atom. The Morgan fingerprint density at radius 2 is 2.00 bits per heavy atom. The molecule has 21 heavy (non-hydrogen) atoms. The first-order valence-electron chi connectivity index (χ1n) is 6.23. The molecule has 0 fully saturated rings. The third kappa shape index (κ3) is 2.54. The second kappa shape index (κ2) is 5.59. The average molecular weight is 287 g/mol. The van der Waals surface area contributed by atoms with Crippen molar-refractivity contribution in [2.45, 2.75) is 12.8 Å². The van der Waals surface area contributed by atoms with E-state index in [4.69, 9.17) is 4.74 Å². The van der Waals surface area contributed by atoms with Crippen molar-refractivity contribution in [1.82, 2.24) is 0 Å². The zero-order chi connectivity index (χ0) is 15.6. The fourth-order valence-electron chi connectivity index (χ4n) is 2.12. The number of nitriles is 1. The number of rotatable bonds is 3. The lowest BCUT2D eigenvalue weighted by Crippen LogP contribution is -2.14. The zero-order valence-corrected chi connectivity index (χ0v) is 11.2. The monoisotopic (exact) mass is 287 g/mol. The lowest BCUT2D eigenvalue weighted by molar-refractivity contribution is -0.143. The minimum absolute atomic E-state index is 0.0885. The van der Waals surface area contributed by atoms with Crippen molar-refractivity contribution >= 4 is 16.7 Å². The molecule has 2 rings (SSSR count). The molecule has 6 heteroatoms. The Bertz CT molecular complexity index is 748. The van der Waals surface area contributed by atoms with Crippen molar-refractivity contribution in [1.29, 1.82) is 5.26 Å². The molecule has 0 bridgehead atoms. The Kier molecular flexibility index (Phi) is 3.85. The van der Waals surface area contributed by atoms with Crippen molar-refractivity contribution in [3.63, 3.8) is 0 Å². The van der Waals surface area contributed by atoms with Gasteiger partial charge in [-0.15, -0.1) is 0 Å². The Balaban J connectivity index is 2.73. The summed E-state index contributed by atoms with van der Waals surface area (Å²) in [5.74, 6) is -2.94. The van der Waals surface area contributed by atoms with Crippen molar-refractivity contribution in [2.24, 2.45) is 0 Å². The number of nitrogens with zero attached hydrogens (tertiary/aromatic N) is 1. The molecule has 0 aromatic heterocycles. The Hall–Kier alpha value is -2.94. The van der Waals surface area contributed by atoms with Gasteiger partial charge in [-0.25, -0.2) is 0 Å². The van der Waals surface area contributed by atoms with Crippen LogP contribution in [0.25, 0.3) is 10.8 Å². The van der Waals surface area contributed by atoms with Crippen LogP contribution in [0.3, 0.4) is 0 Å². The van der Waals surface area contributed by atoms with Gasteiger partial charge in [-0.05, 0) is 42.1 Å². The standard InChI is InChI=1S/C15H13NO5/c1-2-21-15(20)12(7-16)11-6-13(18)14(19)9-4-3-8(17)5-10(9)11/h3-6,12,17-19H,2H2,1H3. The molecule has 0 saturated heterocycles. The summed E-state index contributed by atoms with van der Waals surface area (Å²) in [6.07, 6.45) is 0. The summed E-state index contributed by atoms with van der Waals surface area (Å²) in [7, 11) is 0. The predicted octanol–water partition coefficient (Wildman–Crippen LogP) is 2.13. The summed E-state index contributed by atoms with van der Waals surface area (Å²) >= 11 is 0. The van der Waals surface area contributed by atoms with Gasteiger partial charge in [0.05, 0.1) is 12.7 Å². The first-order chi connectivity index (χ1) is 9.99. The van der Waals surface area contributed by atoms with Crippen LogP contribution in [0.4, 0.5) is 0 Å². The highest BCUT2D eigenvalue weighted by molar-refractivity contribution is 5.98. The van der Waals surface area contributed by atoms with Gasteiger partial charge in [0.2, 0.25) is 0 Å². The van der Waals surface area contributed by atoms with E-state index in [0.29, 0.717) is 5.39 Å². The molecule has 0 radical (unpaired) electrons. The van der Waals surface area contributed by atoms with Crippen LogP contribution in [0.1, 0.15) is 18.4 Å². The molecular formula is C15H13NO5. The van der Waals surface area contributed by atoms with E-state index >= 15 is 0 Å². The van der Waals surface area contributed by atoms with Crippen molar-refractivity contribution < 1.29 is 24.9 Å². The molecule has 0 amide bonds. The van der Waals surface area contributed by atoms with E-state index in [-0.39, 0.29) is 29.1 Å². The minimum atomic E-state index is -1.26. The molecule has 0 saturated carbocycles. The SMILES string of the molecule is CCOC(=O)C(C#N)c1cc(O)c(O)c2ccc(O)cc12.